The van der Waals surface area contributed by atoms with Gasteiger partial charge in [0, 0.05) is 17.8 Å². The summed E-state index contributed by atoms with van der Waals surface area (Å²) in [5.41, 5.74) is 7.03. The Hall–Kier alpha value is -3.35. The van der Waals surface area contributed by atoms with Crippen LogP contribution >= 0.6 is 0 Å². The summed E-state index contributed by atoms with van der Waals surface area (Å²) >= 11 is 0. The highest BCUT2D eigenvalue weighted by Crippen LogP contribution is 2.11. The van der Waals surface area contributed by atoms with E-state index in [0.29, 0.717) is 17.8 Å². The van der Waals surface area contributed by atoms with Crippen LogP contribution < -0.4 is 21.7 Å². The maximum atomic E-state index is 12.5. The quantitative estimate of drug-likeness (QED) is 0.601. The molecule has 142 valence electrons. The SMILES string of the molecule is CC(C)C(NC(=O)NCc1ccccc1)C(=O)Nc1ccc(C(N)=O)cc1. The molecule has 0 saturated carbocycles. The van der Waals surface area contributed by atoms with E-state index in [9.17, 15) is 14.4 Å². The highest BCUT2D eigenvalue weighted by atomic mass is 16.2. The van der Waals surface area contributed by atoms with Crippen LogP contribution in [-0.4, -0.2) is 23.9 Å². The summed E-state index contributed by atoms with van der Waals surface area (Å²) in [6.45, 7) is 4.06. The molecule has 0 saturated heterocycles. The third-order valence-electron chi connectivity index (χ3n) is 3.97. The number of hydrogen-bond donors (Lipinski definition) is 4. The van der Waals surface area contributed by atoms with Gasteiger partial charge in [-0.25, -0.2) is 4.79 Å². The van der Waals surface area contributed by atoms with Gasteiger partial charge in [-0.2, -0.15) is 0 Å². The van der Waals surface area contributed by atoms with Crippen molar-refractivity contribution in [2.75, 3.05) is 5.32 Å². The normalized spacial score (nSPS) is 11.5. The molecule has 2 rings (SSSR count). The zero-order valence-electron chi connectivity index (χ0n) is 15.4. The number of amides is 4. The first-order valence-electron chi connectivity index (χ1n) is 8.66. The van der Waals surface area contributed by atoms with Crippen LogP contribution in [0.25, 0.3) is 0 Å². The Bertz CT molecular complexity index is 789. The molecule has 2 aromatic rings. The van der Waals surface area contributed by atoms with E-state index >= 15 is 0 Å². The lowest BCUT2D eigenvalue weighted by atomic mass is 10.0. The molecule has 0 aliphatic heterocycles. The van der Waals surface area contributed by atoms with Crippen LogP contribution in [0.4, 0.5) is 10.5 Å². The van der Waals surface area contributed by atoms with Crippen molar-refractivity contribution >= 4 is 23.5 Å². The van der Waals surface area contributed by atoms with E-state index in [1.807, 2.05) is 44.2 Å². The molecule has 0 heterocycles. The zero-order valence-corrected chi connectivity index (χ0v) is 15.4. The van der Waals surface area contributed by atoms with Gasteiger partial charge >= 0.3 is 6.03 Å². The number of urea groups is 1. The summed E-state index contributed by atoms with van der Waals surface area (Å²) in [7, 11) is 0. The van der Waals surface area contributed by atoms with Gasteiger partial charge < -0.3 is 21.7 Å². The molecule has 1 unspecified atom stereocenters. The Labute approximate surface area is 158 Å². The minimum Gasteiger partial charge on any atom is -0.366 e. The van der Waals surface area contributed by atoms with Gasteiger partial charge in [0.2, 0.25) is 11.8 Å². The van der Waals surface area contributed by atoms with Crippen LogP contribution in [0.15, 0.2) is 54.6 Å². The van der Waals surface area contributed by atoms with Crippen LogP contribution in [0.2, 0.25) is 0 Å². The Balaban J connectivity index is 1.93. The molecule has 1 atom stereocenters. The maximum Gasteiger partial charge on any atom is 0.315 e. The number of nitrogens with two attached hydrogens (primary N) is 1. The monoisotopic (exact) mass is 368 g/mol. The second-order valence-corrected chi connectivity index (χ2v) is 6.47. The summed E-state index contributed by atoms with van der Waals surface area (Å²) in [6, 6.07) is 14.6. The van der Waals surface area contributed by atoms with E-state index in [0.717, 1.165) is 5.56 Å². The van der Waals surface area contributed by atoms with Crippen LogP contribution in [0.1, 0.15) is 29.8 Å². The lowest BCUT2D eigenvalue weighted by molar-refractivity contribution is -0.118. The molecule has 0 aliphatic rings. The second kappa shape index (κ2) is 9.38. The van der Waals surface area contributed by atoms with E-state index in [2.05, 4.69) is 16.0 Å². The van der Waals surface area contributed by atoms with Gasteiger partial charge in [-0.1, -0.05) is 44.2 Å². The largest absolute Gasteiger partial charge is 0.366 e. The first-order valence-corrected chi connectivity index (χ1v) is 8.66. The molecule has 7 heteroatoms. The number of rotatable bonds is 7. The van der Waals surface area contributed by atoms with Crippen LogP contribution in [0.5, 0.6) is 0 Å². The minimum atomic E-state index is -0.711. The summed E-state index contributed by atoms with van der Waals surface area (Å²) in [5.74, 6) is -0.992. The van der Waals surface area contributed by atoms with Gasteiger partial charge in [0.15, 0.2) is 0 Å². The highest BCUT2D eigenvalue weighted by molar-refractivity contribution is 5.98. The number of primary amides is 1. The smallest absolute Gasteiger partial charge is 0.315 e. The number of anilines is 1. The van der Waals surface area contributed by atoms with Gasteiger partial charge in [0.05, 0.1) is 0 Å². The third kappa shape index (κ3) is 6.14. The van der Waals surface area contributed by atoms with E-state index in [1.54, 1.807) is 12.1 Å². The fourth-order valence-corrected chi connectivity index (χ4v) is 2.44. The average Bonchev–Trinajstić information content (AvgIpc) is 2.65. The van der Waals surface area contributed by atoms with Gasteiger partial charge in [-0.15, -0.1) is 0 Å². The molecule has 27 heavy (non-hydrogen) atoms. The predicted octanol–water partition coefficient (Wildman–Crippen LogP) is 2.25. The summed E-state index contributed by atoms with van der Waals surface area (Å²) in [4.78, 5) is 35.8. The van der Waals surface area contributed by atoms with Crippen molar-refractivity contribution in [1.29, 1.82) is 0 Å². The third-order valence-corrected chi connectivity index (χ3v) is 3.97. The average molecular weight is 368 g/mol. The number of nitrogens with one attached hydrogen (secondary N) is 3. The van der Waals surface area contributed by atoms with Gasteiger partial charge in [-0.05, 0) is 35.7 Å². The standard InChI is InChI=1S/C20H24N4O3/c1-13(2)17(24-20(27)22-12-14-6-4-3-5-7-14)19(26)23-16-10-8-15(9-11-16)18(21)25/h3-11,13,17H,12H2,1-2H3,(H2,21,25)(H,23,26)(H2,22,24,27). The summed E-state index contributed by atoms with van der Waals surface area (Å²) in [6.07, 6.45) is 0. The fourth-order valence-electron chi connectivity index (χ4n) is 2.44. The fraction of sp³-hybridized carbons (Fsp3) is 0.250. The van der Waals surface area contributed by atoms with E-state index in [1.165, 1.54) is 12.1 Å². The van der Waals surface area contributed by atoms with Crippen LogP contribution in [0, 0.1) is 5.92 Å². The Morgan fingerprint density at radius 3 is 2.15 bits per heavy atom. The highest BCUT2D eigenvalue weighted by Gasteiger charge is 2.24. The number of hydrogen-bond acceptors (Lipinski definition) is 3. The van der Waals surface area contributed by atoms with Crippen molar-refractivity contribution in [2.24, 2.45) is 11.7 Å². The maximum absolute atomic E-state index is 12.5. The molecule has 7 nitrogen and oxygen atoms in total. The van der Waals surface area contributed by atoms with Gasteiger partial charge in [0.25, 0.3) is 0 Å². The molecular formula is C20H24N4O3. The molecule has 5 N–H and O–H groups in total. The van der Waals surface area contributed by atoms with E-state index in [4.69, 9.17) is 5.73 Å². The summed E-state index contributed by atoms with van der Waals surface area (Å²) in [5, 5.41) is 8.18. The number of benzene rings is 2. The van der Waals surface area contributed by atoms with Crippen molar-refractivity contribution in [1.82, 2.24) is 10.6 Å². The van der Waals surface area contributed by atoms with Gasteiger partial charge in [0.1, 0.15) is 6.04 Å². The molecule has 0 radical (unpaired) electrons. The Kier molecular flexibility index (Phi) is 6.93. The predicted molar refractivity (Wildman–Crippen MR) is 104 cm³/mol. The molecule has 0 fully saturated rings. The molecule has 0 aliphatic carbocycles. The lowest BCUT2D eigenvalue weighted by Gasteiger charge is -2.22. The Morgan fingerprint density at radius 1 is 0.963 bits per heavy atom. The van der Waals surface area contributed by atoms with Crippen molar-refractivity contribution in [2.45, 2.75) is 26.4 Å². The van der Waals surface area contributed by atoms with Crippen LogP contribution in [0.3, 0.4) is 0 Å². The first kappa shape index (κ1) is 20.0. The first-order chi connectivity index (χ1) is 12.9. The van der Waals surface area contributed by atoms with Crippen molar-refractivity contribution in [3.8, 4) is 0 Å². The molecule has 0 aromatic heterocycles. The molecular weight excluding hydrogens is 344 g/mol. The molecule has 2 aromatic carbocycles. The number of carbonyl (C=O) groups is 3. The summed E-state index contributed by atoms with van der Waals surface area (Å²) < 4.78 is 0. The van der Waals surface area contributed by atoms with Crippen molar-refractivity contribution < 1.29 is 14.4 Å². The lowest BCUT2D eigenvalue weighted by Crippen LogP contribution is -2.50. The van der Waals surface area contributed by atoms with Crippen LogP contribution in [-0.2, 0) is 11.3 Å². The zero-order chi connectivity index (χ0) is 19.8. The minimum absolute atomic E-state index is 0.114. The molecule has 0 spiro atoms. The molecule has 0 bridgehead atoms. The van der Waals surface area contributed by atoms with E-state index in [-0.39, 0.29) is 11.8 Å². The van der Waals surface area contributed by atoms with Crippen molar-refractivity contribution in [3.05, 3.63) is 65.7 Å². The second-order valence-electron chi connectivity index (χ2n) is 6.47. The Morgan fingerprint density at radius 2 is 1.59 bits per heavy atom. The van der Waals surface area contributed by atoms with Gasteiger partial charge in [-0.3, -0.25) is 9.59 Å². The van der Waals surface area contributed by atoms with E-state index < -0.39 is 18.0 Å². The topological polar surface area (TPSA) is 113 Å². The molecule has 4 amide bonds. The number of carbonyl (C=O) groups excluding carboxylic acids is 3. The van der Waals surface area contributed by atoms with Crippen molar-refractivity contribution in [3.63, 3.8) is 0 Å².